The maximum absolute atomic E-state index is 12.1. The van der Waals surface area contributed by atoms with Crippen LogP contribution in [0.4, 0.5) is 5.69 Å². The van der Waals surface area contributed by atoms with E-state index >= 15 is 0 Å². The van der Waals surface area contributed by atoms with E-state index in [2.05, 4.69) is 26.6 Å². The molecule has 114 valence electrons. The highest BCUT2D eigenvalue weighted by molar-refractivity contribution is 9.10. The van der Waals surface area contributed by atoms with Crippen LogP contribution in [-0.2, 0) is 4.79 Å². The Morgan fingerprint density at radius 3 is 2.36 bits per heavy atom. The topological polar surface area (TPSA) is 58.2 Å². The normalized spacial score (nSPS) is 11.6. The van der Waals surface area contributed by atoms with E-state index in [1.807, 2.05) is 12.1 Å². The van der Waals surface area contributed by atoms with Gasteiger partial charge in [0.1, 0.15) is 6.04 Å². The largest absolute Gasteiger partial charge is 0.340 e. The minimum Gasteiger partial charge on any atom is -0.340 e. The summed E-state index contributed by atoms with van der Waals surface area (Å²) in [7, 11) is 0. The highest BCUT2D eigenvalue weighted by Gasteiger charge is 2.18. The zero-order valence-electron chi connectivity index (χ0n) is 11.8. The predicted octanol–water partition coefficient (Wildman–Crippen LogP) is 3.86. The number of rotatable bonds is 4. The number of benzene rings is 2. The van der Waals surface area contributed by atoms with Gasteiger partial charge in [0, 0.05) is 10.2 Å². The first-order chi connectivity index (χ1) is 10.5. The van der Waals surface area contributed by atoms with Crippen molar-refractivity contribution in [3.05, 3.63) is 63.6 Å². The van der Waals surface area contributed by atoms with Gasteiger partial charge in [-0.15, -0.1) is 0 Å². The average Bonchev–Trinajstić information content (AvgIpc) is 2.49. The van der Waals surface area contributed by atoms with Gasteiger partial charge in [0.15, 0.2) is 0 Å². The van der Waals surface area contributed by atoms with E-state index in [1.54, 1.807) is 43.3 Å². The fourth-order valence-electron chi connectivity index (χ4n) is 1.77. The van der Waals surface area contributed by atoms with Gasteiger partial charge in [-0.05, 0) is 43.3 Å². The molecule has 0 aliphatic heterocycles. The fourth-order valence-corrected chi connectivity index (χ4v) is 2.25. The average molecular weight is 382 g/mol. The molecule has 2 rings (SSSR count). The van der Waals surface area contributed by atoms with E-state index in [9.17, 15) is 9.59 Å². The van der Waals surface area contributed by atoms with Crippen LogP contribution >= 0.6 is 27.5 Å². The molecule has 0 fully saturated rings. The molecule has 0 saturated carbocycles. The van der Waals surface area contributed by atoms with Crippen LogP contribution < -0.4 is 10.6 Å². The predicted molar refractivity (Wildman–Crippen MR) is 91.2 cm³/mol. The van der Waals surface area contributed by atoms with Crippen molar-refractivity contribution in [1.82, 2.24) is 5.32 Å². The van der Waals surface area contributed by atoms with Crippen molar-refractivity contribution >= 4 is 45.0 Å². The zero-order valence-corrected chi connectivity index (χ0v) is 14.1. The summed E-state index contributed by atoms with van der Waals surface area (Å²) in [5.41, 5.74) is 1.000. The summed E-state index contributed by atoms with van der Waals surface area (Å²) < 4.78 is 0.922. The second kappa shape index (κ2) is 7.42. The molecule has 0 spiro atoms. The molecule has 0 radical (unpaired) electrons. The molecule has 0 aliphatic rings. The number of carbonyl (C=O) groups excluding carboxylic acids is 2. The molecule has 1 atom stereocenters. The van der Waals surface area contributed by atoms with E-state index in [-0.39, 0.29) is 11.8 Å². The molecular formula is C16H14BrClN2O2. The standard InChI is InChI=1S/C16H14BrClN2O2/c1-10(15(21)20-12-8-6-11(17)7-9-12)19-16(22)13-4-2-3-5-14(13)18/h2-10H,1H3,(H,19,22)(H,20,21)/t10-/m0/s1. The summed E-state index contributed by atoms with van der Waals surface area (Å²) in [6, 6.07) is 13.2. The molecule has 2 amide bonds. The summed E-state index contributed by atoms with van der Waals surface area (Å²) in [5, 5.41) is 5.70. The molecule has 0 aromatic heterocycles. The van der Waals surface area contributed by atoms with Crippen molar-refractivity contribution in [3.8, 4) is 0 Å². The maximum Gasteiger partial charge on any atom is 0.253 e. The van der Waals surface area contributed by atoms with E-state index in [1.165, 1.54) is 0 Å². The second-order valence-corrected chi connectivity index (χ2v) is 5.99. The van der Waals surface area contributed by atoms with Gasteiger partial charge in [0.05, 0.1) is 10.6 Å². The van der Waals surface area contributed by atoms with Gasteiger partial charge in [-0.3, -0.25) is 9.59 Å². The Morgan fingerprint density at radius 2 is 1.73 bits per heavy atom. The van der Waals surface area contributed by atoms with Crippen molar-refractivity contribution < 1.29 is 9.59 Å². The molecule has 6 heteroatoms. The fraction of sp³-hybridized carbons (Fsp3) is 0.125. The Hall–Kier alpha value is -1.85. The zero-order chi connectivity index (χ0) is 16.1. The third-order valence-corrected chi connectivity index (χ3v) is 3.83. The van der Waals surface area contributed by atoms with Gasteiger partial charge >= 0.3 is 0 Å². The summed E-state index contributed by atoms with van der Waals surface area (Å²) in [5.74, 6) is -0.688. The lowest BCUT2D eigenvalue weighted by Crippen LogP contribution is -2.41. The number of amides is 2. The van der Waals surface area contributed by atoms with Crippen LogP contribution in [0.15, 0.2) is 53.0 Å². The van der Waals surface area contributed by atoms with Crippen molar-refractivity contribution in [2.45, 2.75) is 13.0 Å². The number of anilines is 1. The van der Waals surface area contributed by atoms with Crippen LogP contribution in [0.1, 0.15) is 17.3 Å². The van der Waals surface area contributed by atoms with Crippen LogP contribution in [0, 0.1) is 0 Å². The van der Waals surface area contributed by atoms with Crippen LogP contribution in [0.3, 0.4) is 0 Å². The Labute approximate surface area is 142 Å². The highest BCUT2D eigenvalue weighted by Crippen LogP contribution is 2.16. The van der Waals surface area contributed by atoms with Crippen LogP contribution in [-0.4, -0.2) is 17.9 Å². The van der Waals surface area contributed by atoms with Crippen molar-refractivity contribution in [2.75, 3.05) is 5.32 Å². The Morgan fingerprint density at radius 1 is 1.09 bits per heavy atom. The van der Waals surface area contributed by atoms with Crippen LogP contribution in [0.25, 0.3) is 0 Å². The summed E-state index contributed by atoms with van der Waals surface area (Å²) in [6.07, 6.45) is 0. The lowest BCUT2D eigenvalue weighted by atomic mass is 10.2. The first kappa shape index (κ1) is 16.5. The molecule has 22 heavy (non-hydrogen) atoms. The van der Waals surface area contributed by atoms with E-state index in [0.29, 0.717) is 16.3 Å². The van der Waals surface area contributed by atoms with Gasteiger partial charge in [-0.25, -0.2) is 0 Å². The minimum absolute atomic E-state index is 0.303. The Bertz CT molecular complexity index is 689. The Balaban J connectivity index is 1.98. The third kappa shape index (κ3) is 4.32. The van der Waals surface area contributed by atoms with Crippen molar-refractivity contribution in [1.29, 1.82) is 0 Å². The third-order valence-electron chi connectivity index (χ3n) is 2.97. The quantitative estimate of drug-likeness (QED) is 0.845. The SMILES string of the molecule is C[C@H](NC(=O)c1ccccc1Cl)C(=O)Nc1ccc(Br)cc1. The second-order valence-electron chi connectivity index (χ2n) is 4.67. The Kier molecular flexibility index (Phi) is 5.57. The summed E-state index contributed by atoms with van der Waals surface area (Å²) >= 11 is 9.28. The number of hydrogen-bond acceptors (Lipinski definition) is 2. The molecule has 0 saturated heterocycles. The lowest BCUT2D eigenvalue weighted by molar-refractivity contribution is -0.117. The van der Waals surface area contributed by atoms with Gasteiger partial charge in [0.25, 0.3) is 5.91 Å². The number of nitrogens with one attached hydrogen (secondary N) is 2. The van der Waals surface area contributed by atoms with Gasteiger partial charge in [-0.2, -0.15) is 0 Å². The molecule has 0 aliphatic carbocycles. The summed E-state index contributed by atoms with van der Waals surface area (Å²) in [6.45, 7) is 1.61. The van der Waals surface area contributed by atoms with Crippen molar-refractivity contribution in [2.24, 2.45) is 0 Å². The molecule has 2 aromatic carbocycles. The maximum atomic E-state index is 12.1. The smallest absolute Gasteiger partial charge is 0.253 e. The first-order valence-electron chi connectivity index (χ1n) is 6.59. The van der Waals surface area contributed by atoms with Gasteiger partial charge in [0.2, 0.25) is 5.91 Å². The van der Waals surface area contributed by atoms with E-state index in [0.717, 1.165) is 4.47 Å². The molecule has 2 N–H and O–H groups in total. The van der Waals surface area contributed by atoms with Crippen molar-refractivity contribution in [3.63, 3.8) is 0 Å². The molecule has 0 unspecified atom stereocenters. The highest BCUT2D eigenvalue weighted by atomic mass is 79.9. The minimum atomic E-state index is -0.688. The molecule has 2 aromatic rings. The lowest BCUT2D eigenvalue weighted by Gasteiger charge is -2.14. The van der Waals surface area contributed by atoms with E-state index < -0.39 is 6.04 Å². The summed E-state index contributed by atoms with van der Waals surface area (Å²) in [4.78, 5) is 24.2. The molecular weight excluding hydrogens is 368 g/mol. The van der Waals surface area contributed by atoms with Gasteiger partial charge < -0.3 is 10.6 Å². The monoisotopic (exact) mass is 380 g/mol. The molecule has 0 bridgehead atoms. The van der Waals surface area contributed by atoms with Crippen LogP contribution in [0.5, 0.6) is 0 Å². The van der Waals surface area contributed by atoms with E-state index in [4.69, 9.17) is 11.6 Å². The molecule has 0 heterocycles. The molecule has 4 nitrogen and oxygen atoms in total. The number of halogens is 2. The van der Waals surface area contributed by atoms with Crippen LogP contribution in [0.2, 0.25) is 5.02 Å². The van der Waals surface area contributed by atoms with Gasteiger partial charge in [-0.1, -0.05) is 39.7 Å². The first-order valence-corrected chi connectivity index (χ1v) is 7.76. The number of hydrogen-bond donors (Lipinski definition) is 2. The number of carbonyl (C=O) groups is 2.